The zero-order valence-electron chi connectivity index (χ0n) is 10.2. The summed E-state index contributed by atoms with van der Waals surface area (Å²) >= 11 is 0. The number of hydrogen-bond acceptors (Lipinski definition) is 3. The van der Waals surface area contributed by atoms with Crippen molar-refractivity contribution in [2.75, 3.05) is 13.2 Å². The molecular weight excluding hydrogens is 200 g/mol. The molecule has 1 atom stereocenters. The van der Waals surface area contributed by atoms with Gasteiger partial charge in [0.1, 0.15) is 5.75 Å². The van der Waals surface area contributed by atoms with E-state index in [0.717, 1.165) is 24.2 Å². The molecule has 0 amide bonds. The van der Waals surface area contributed by atoms with Crippen LogP contribution in [0.4, 0.5) is 0 Å². The van der Waals surface area contributed by atoms with Gasteiger partial charge in [0, 0.05) is 12.6 Å². The van der Waals surface area contributed by atoms with Gasteiger partial charge in [-0.1, -0.05) is 25.5 Å². The molecule has 0 heterocycles. The van der Waals surface area contributed by atoms with Crippen LogP contribution >= 0.6 is 0 Å². The molecule has 0 bridgehead atoms. The molecule has 0 aliphatic carbocycles. The summed E-state index contributed by atoms with van der Waals surface area (Å²) in [5.74, 6) is 0.970. The summed E-state index contributed by atoms with van der Waals surface area (Å²) < 4.78 is 5.59. The van der Waals surface area contributed by atoms with Gasteiger partial charge >= 0.3 is 0 Å². The molecule has 0 aliphatic rings. The van der Waals surface area contributed by atoms with Gasteiger partial charge in [-0.15, -0.1) is 0 Å². The van der Waals surface area contributed by atoms with Crippen molar-refractivity contribution in [3.05, 3.63) is 29.3 Å². The maximum Gasteiger partial charge on any atom is 0.122 e. The lowest BCUT2D eigenvalue weighted by atomic mass is 10.0. The quantitative estimate of drug-likeness (QED) is 0.774. The van der Waals surface area contributed by atoms with Crippen molar-refractivity contribution in [3.63, 3.8) is 0 Å². The summed E-state index contributed by atoms with van der Waals surface area (Å²) in [6, 6.07) is 6.04. The summed E-state index contributed by atoms with van der Waals surface area (Å²) in [7, 11) is 0. The monoisotopic (exact) mass is 222 g/mol. The number of hydrogen-bond donors (Lipinski definition) is 2. The third-order valence-electron chi connectivity index (χ3n) is 2.59. The zero-order valence-corrected chi connectivity index (χ0v) is 10.2. The summed E-state index contributed by atoms with van der Waals surface area (Å²) in [6.07, 6.45) is 2.11. The minimum Gasteiger partial charge on any atom is -0.494 e. The number of aryl methyl sites for hydroxylation is 1. The normalized spacial score (nSPS) is 12.5. The van der Waals surface area contributed by atoms with Gasteiger partial charge in [-0.05, 0) is 30.5 Å². The highest BCUT2D eigenvalue weighted by molar-refractivity contribution is 5.38. The van der Waals surface area contributed by atoms with Gasteiger partial charge in [0.05, 0.1) is 6.61 Å². The van der Waals surface area contributed by atoms with E-state index in [-0.39, 0.29) is 6.04 Å². The summed E-state index contributed by atoms with van der Waals surface area (Å²) in [6.45, 7) is 5.32. The summed E-state index contributed by atoms with van der Waals surface area (Å²) in [5.41, 5.74) is 13.8. The molecule has 0 fully saturated rings. The van der Waals surface area contributed by atoms with Crippen LogP contribution in [0, 0.1) is 0 Å². The average molecular weight is 222 g/mol. The van der Waals surface area contributed by atoms with Crippen molar-refractivity contribution in [2.45, 2.75) is 32.7 Å². The molecule has 3 nitrogen and oxygen atoms in total. The van der Waals surface area contributed by atoms with E-state index in [1.807, 2.05) is 19.1 Å². The first-order valence-electron chi connectivity index (χ1n) is 5.94. The van der Waals surface area contributed by atoms with Gasteiger partial charge in [0.2, 0.25) is 0 Å². The van der Waals surface area contributed by atoms with Gasteiger partial charge in [-0.2, -0.15) is 0 Å². The number of benzene rings is 1. The molecule has 1 unspecified atom stereocenters. The third-order valence-corrected chi connectivity index (χ3v) is 2.59. The van der Waals surface area contributed by atoms with Crippen molar-refractivity contribution in [1.29, 1.82) is 0 Å². The zero-order chi connectivity index (χ0) is 12.0. The molecule has 0 saturated heterocycles. The number of nitrogens with two attached hydrogens (primary N) is 2. The fourth-order valence-electron chi connectivity index (χ4n) is 1.73. The number of rotatable bonds is 6. The van der Waals surface area contributed by atoms with Gasteiger partial charge < -0.3 is 16.2 Å². The highest BCUT2D eigenvalue weighted by atomic mass is 16.5. The second kappa shape index (κ2) is 6.51. The van der Waals surface area contributed by atoms with E-state index in [4.69, 9.17) is 16.2 Å². The minimum atomic E-state index is -0.0775. The Morgan fingerprint density at radius 2 is 2.06 bits per heavy atom. The maximum atomic E-state index is 5.92. The highest BCUT2D eigenvalue weighted by Crippen LogP contribution is 2.24. The maximum absolute atomic E-state index is 5.92. The van der Waals surface area contributed by atoms with E-state index in [1.54, 1.807) is 0 Å². The molecule has 0 aliphatic heterocycles. The SMILES string of the molecule is CCCc1cc(C(N)CN)ccc1OCC. The second-order valence-electron chi connectivity index (χ2n) is 3.89. The van der Waals surface area contributed by atoms with Crippen molar-refractivity contribution in [2.24, 2.45) is 11.5 Å². The molecule has 90 valence electrons. The van der Waals surface area contributed by atoms with Crippen LogP contribution in [-0.4, -0.2) is 13.2 Å². The lowest BCUT2D eigenvalue weighted by Crippen LogP contribution is -2.20. The molecule has 0 aromatic heterocycles. The van der Waals surface area contributed by atoms with Crippen LogP contribution in [0.25, 0.3) is 0 Å². The second-order valence-corrected chi connectivity index (χ2v) is 3.89. The van der Waals surface area contributed by atoms with E-state index < -0.39 is 0 Å². The molecule has 0 saturated carbocycles. The highest BCUT2D eigenvalue weighted by Gasteiger charge is 2.08. The Labute approximate surface area is 97.8 Å². The molecule has 1 aromatic carbocycles. The van der Waals surface area contributed by atoms with Crippen molar-refractivity contribution in [3.8, 4) is 5.75 Å². The minimum absolute atomic E-state index is 0.0775. The van der Waals surface area contributed by atoms with Crippen LogP contribution in [-0.2, 0) is 6.42 Å². The van der Waals surface area contributed by atoms with E-state index in [1.165, 1.54) is 5.56 Å². The Kier molecular flexibility index (Phi) is 5.29. The van der Waals surface area contributed by atoms with Crippen LogP contribution in [0.3, 0.4) is 0 Å². The van der Waals surface area contributed by atoms with E-state index in [2.05, 4.69) is 13.0 Å². The van der Waals surface area contributed by atoms with Gasteiger partial charge in [0.25, 0.3) is 0 Å². The van der Waals surface area contributed by atoms with Gasteiger partial charge in [-0.3, -0.25) is 0 Å². The standard InChI is InChI=1S/C13H22N2O/c1-3-5-11-8-10(12(15)9-14)6-7-13(11)16-4-2/h6-8,12H,3-5,9,14-15H2,1-2H3. The molecule has 3 heteroatoms. The molecular formula is C13H22N2O. The van der Waals surface area contributed by atoms with Crippen LogP contribution in [0.1, 0.15) is 37.4 Å². The first-order valence-corrected chi connectivity index (χ1v) is 5.94. The summed E-state index contributed by atoms with van der Waals surface area (Å²) in [4.78, 5) is 0. The van der Waals surface area contributed by atoms with Crippen LogP contribution in [0.15, 0.2) is 18.2 Å². The largest absolute Gasteiger partial charge is 0.494 e. The van der Waals surface area contributed by atoms with Crippen LogP contribution in [0.2, 0.25) is 0 Å². The van der Waals surface area contributed by atoms with Crippen molar-refractivity contribution < 1.29 is 4.74 Å². The molecule has 0 radical (unpaired) electrons. The Morgan fingerprint density at radius 3 is 2.62 bits per heavy atom. The predicted octanol–water partition coefficient (Wildman–Crippen LogP) is 2.00. The topological polar surface area (TPSA) is 61.3 Å². The average Bonchev–Trinajstić information content (AvgIpc) is 2.31. The predicted molar refractivity (Wildman–Crippen MR) is 67.6 cm³/mol. The molecule has 4 N–H and O–H groups in total. The summed E-state index contributed by atoms with van der Waals surface area (Å²) in [5, 5.41) is 0. The van der Waals surface area contributed by atoms with Gasteiger partial charge in [-0.25, -0.2) is 0 Å². The van der Waals surface area contributed by atoms with E-state index in [9.17, 15) is 0 Å². The smallest absolute Gasteiger partial charge is 0.122 e. The molecule has 16 heavy (non-hydrogen) atoms. The molecule has 0 spiro atoms. The first kappa shape index (κ1) is 13.0. The fourth-order valence-corrected chi connectivity index (χ4v) is 1.73. The van der Waals surface area contributed by atoms with Crippen molar-refractivity contribution in [1.82, 2.24) is 0 Å². The van der Waals surface area contributed by atoms with E-state index in [0.29, 0.717) is 13.2 Å². The lowest BCUT2D eigenvalue weighted by molar-refractivity contribution is 0.336. The first-order chi connectivity index (χ1) is 7.72. The third kappa shape index (κ3) is 3.22. The Balaban J connectivity index is 2.96. The Hall–Kier alpha value is -1.06. The fraction of sp³-hybridized carbons (Fsp3) is 0.538. The molecule has 1 rings (SSSR count). The van der Waals surface area contributed by atoms with Gasteiger partial charge in [0.15, 0.2) is 0 Å². The lowest BCUT2D eigenvalue weighted by Gasteiger charge is -2.14. The van der Waals surface area contributed by atoms with E-state index >= 15 is 0 Å². The van der Waals surface area contributed by atoms with Crippen LogP contribution < -0.4 is 16.2 Å². The number of ether oxygens (including phenoxy) is 1. The molecule has 1 aromatic rings. The van der Waals surface area contributed by atoms with Crippen molar-refractivity contribution >= 4 is 0 Å². The Morgan fingerprint density at radius 1 is 1.31 bits per heavy atom. The Bertz CT molecular complexity index is 326. The van der Waals surface area contributed by atoms with Crippen LogP contribution in [0.5, 0.6) is 5.75 Å².